The van der Waals surface area contributed by atoms with E-state index in [1.54, 1.807) is 0 Å². The second-order valence-electron chi connectivity index (χ2n) is 4.46. The highest BCUT2D eigenvalue weighted by atomic mass is 16.6. The molecule has 0 amide bonds. The number of carbonyl (C=O) groups excluding carboxylic acids is 1. The van der Waals surface area contributed by atoms with Crippen LogP contribution in [0.15, 0.2) is 30.3 Å². The molecule has 0 spiro atoms. The van der Waals surface area contributed by atoms with Crippen LogP contribution < -0.4 is 0 Å². The monoisotopic (exact) mass is 265 g/mol. The van der Waals surface area contributed by atoms with E-state index in [-0.39, 0.29) is 23.4 Å². The maximum Gasteiger partial charge on any atom is 0.302 e. The summed E-state index contributed by atoms with van der Waals surface area (Å²) in [7, 11) is 0. The van der Waals surface area contributed by atoms with Crippen LogP contribution in [0.25, 0.3) is 0 Å². The highest BCUT2D eigenvalue weighted by molar-refractivity contribution is 5.65. The van der Waals surface area contributed by atoms with Gasteiger partial charge >= 0.3 is 5.97 Å². The number of unbranched alkanes of at least 4 members (excludes halogenated alkanes) is 1. The molecule has 104 valence electrons. The molecule has 5 nitrogen and oxygen atoms in total. The second-order valence-corrected chi connectivity index (χ2v) is 4.46. The summed E-state index contributed by atoms with van der Waals surface area (Å²) in [6.07, 6.45) is 2.27. The molecular formula is C14H19NO4. The van der Waals surface area contributed by atoms with Crippen molar-refractivity contribution in [2.75, 3.05) is 13.2 Å². The van der Waals surface area contributed by atoms with Crippen molar-refractivity contribution in [3.05, 3.63) is 46.0 Å². The molecule has 0 aromatic heterocycles. The van der Waals surface area contributed by atoms with E-state index in [1.807, 2.05) is 30.3 Å². The van der Waals surface area contributed by atoms with Crippen LogP contribution in [0.3, 0.4) is 0 Å². The quantitative estimate of drug-likeness (QED) is 0.313. The Morgan fingerprint density at radius 1 is 1.32 bits per heavy atom. The van der Waals surface area contributed by atoms with Gasteiger partial charge in [-0.2, -0.15) is 0 Å². The molecule has 0 bridgehead atoms. The van der Waals surface area contributed by atoms with Gasteiger partial charge in [0.25, 0.3) is 0 Å². The topological polar surface area (TPSA) is 69.4 Å². The molecule has 0 radical (unpaired) electrons. The number of carbonyl (C=O) groups is 1. The van der Waals surface area contributed by atoms with E-state index in [0.29, 0.717) is 6.61 Å². The minimum absolute atomic E-state index is 0.0580. The zero-order chi connectivity index (χ0) is 14.1. The summed E-state index contributed by atoms with van der Waals surface area (Å²) in [4.78, 5) is 21.0. The predicted molar refractivity (Wildman–Crippen MR) is 71.5 cm³/mol. The third kappa shape index (κ3) is 6.55. The fourth-order valence-electron chi connectivity index (χ4n) is 1.98. The lowest BCUT2D eigenvalue weighted by molar-refractivity contribution is -0.483. The molecule has 0 heterocycles. The zero-order valence-corrected chi connectivity index (χ0v) is 11.1. The Kier molecular flexibility index (Phi) is 6.57. The van der Waals surface area contributed by atoms with Gasteiger partial charge in [-0.3, -0.25) is 14.9 Å². The van der Waals surface area contributed by atoms with Crippen molar-refractivity contribution >= 4 is 5.97 Å². The van der Waals surface area contributed by atoms with Crippen LogP contribution in [-0.2, 0) is 9.53 Å². The Labute approximate surface area is 112 Å². The Bertz CT molecular complexity index is 405. The Morgan fingerprint density at radius 3 is 2.58 bits per heavy atom. The number of nitro groups is 1. The van der Waals surface area contributed by atoms with Crippen molar-refractivity contribution in [2.24, 2.45) is 0 Å². The molecule has 5 heteroatoms. The van der Waals surface area contributed by atoms with E-state index in [0.717, 1.165) is 24.8 Å². The Hall–Kier alpha value is -1.91. The fraction of sp³-hybridized carbons (Fsp3) is 0.500. The van der Waals surface area contributed by atoms with E-state index in [2.05, 4.69) is 0 Å². The molecule has 19 heavy (non-hydrogen) atoms. The van der Waals surface area contributed by atoms with Gasteiger partial charge in [0.15, 0.2) is 0 Å². The number of ether oxygens (including phenoxy) is 1. The van der Waals surface area contributed by atoms with Crippen molar-refractivity contribution in [1.29, 1.82) is 0 Å². The highest BCUT2D eigenvalue weighted by Crippen LogP contribution is 2.22. The van der Waals surface area contributed by atoms with Crippen LogP contribution in [0.2, 0.25) is 0 Å². The average molecular weight is 265 g/mol. The lowest BCUT2D eigenvalue weighted by Gasteiger charge is -2.13. The first-order chi connectivity index (χ1) is 9.09. The Balaban J connectivity index is 2.43. The maximum absolute atomic E-state index is 10.7. The van der Waals surface area contributed by atoms with Crippen molar-refractivity contribution in [1.82, 2.24) is 0 Å². The largest absolute Gasteiger partial charge is 0.466 e. The molecule has 0 saturated carbocycles. The summed E-state index contributed by atoms with van der Waals surface area (Å²) >= 11 is 0. The van der Waals surface area contributed by atoms with Gasteiger partial charge in [0.2, 0.25) is 6.54 Å². The van der Waals surface area contributed by atoms with Gasteiger partial charge in [0.1, 0.15) is 0 Å². The first-order valence-corrected chi connectivity index (χ1v) is 6.39. The number of esters is 1. The van der Waals surface area contributed by atoms with Crippen molar-refractivity contribution in [2.45, 2.75) is 32.1 Å². The number of rotatable bonds is 8. The lowest BCUT2D eigenvalue weighted by Crippen LogP contribution is -2.13. The van der Waals surface area contributed by atoms with Crippen LogP contribution in [-0.4, -0.2) is 24.0 Å². The molecule has 0 N–H and O–H groups in total. The Morgan fingerprint density at radius 2 is 2.00 bits per heavy atom. The molecule has 0 unspecified atom stereocenters. The van der Waals surface area contributed by atoms with E-state index >= 15 is 0 Å². The summed E-state index contributed by atoms with van der Waals surface area (Å²) in [5.41, 5.74) is 0.992. The van der Waals surface area contributed by atoms with Gasteiger partial charge in [-0.1, -0.05) is 30.3 Å². The van der Waals surface area contributed by atoms with Crippen LogP contribution in [0, 0.1) is 10.1 Å². The van der Waals surface area contributed by atoms with E-state index in [4.69, 9.17) is 4.74 Å². The normalized spacial score (nSPS) is 11.8. The minimum Gasteiger partial charge on any atom is -0.466 e. The standard InChI is InChI=1S/C14H19NO4/c1-12(16)19-10-6-5-9-14(11-15(17)18)13-7-3-2-4-8-13/h2-4,7-8,14H,5-6,9-11H2,1H3/t14-/m1/s1. The highest BCUT2D eigenvalue weighted by Gasteiger charge is 2.17. The lowest BCUT2D eigenvalue weighted by atomic mass is 9.94. The molecule has 0 aliphatic rings. The molecule has 1 atom stereocenters. The smallest absolute Gasteiger partial charge is 0.302 e. The van der Waals surface area contributed by atoms with Crippen molar-refractivity contribution < 1.29 is 14.5 Å². The van der Waals surface area contributed by atoms with Gasteiger partial charge in [-0.05, 0) is 24.8 Å². The molecule has 1 aromatic rings. The summed E-state index contributed by atoms with van der Waals surface area (Å²) in [5.74, 6) is -0.363. The van der Waals surface area contributed by atoms with Gasteiger partial charge < -0.3 is 4.74 Å². The van der Waals surface area contributed by atoms with E-state index < -0.39 is 0 Å². The van der Waals surface area contributed by atoms with Gasteiger partial charge in [0, 0.05) is 17.8 Å². The van der Waals surface area contributed by atoms with Crippen LogP contribution in [0.5, 0.6) is 0 Å². The molecule has 0 fully saturated rings. The molecular weight excluding hydrogens is 246 g/mol. The number of benzene rings is 1. The number of hydrogen-bond acceptors (Lipinski definition) is 4. The number of nitrogens with zero attached hydrogens (tertiary/aromatic N) is 1. The summed E-state index contributed by atoms with van der Waals surface area (Å²) < 4.78 is 4.84. The maximum atomic E-state index is 10.7. The molecule has 0 aliphatic heterocycles. The molecule has 0 aliphatic carbocycles. The molecule has 0 saturated heterocycles. The summed E-state index contributed by atoms with van der Waals surface area (Å²) in [5, 5.41) is 10.7. The fourth-order valence-corrected chi connectivity index (χ4v) is 1.98. The number of hydrogen-bond donors (Lipinski definition) is 0. The van der Waals surface area contributed by atoms with Gasteiger partial charge in [-0.25, -0.2) is 0 Å². The van der Waals surface area contributed by atoms with Crippen LogP contribution >= 0.6 is 0 Å². The van der Waals surface area contributed by atoms with Crippen molar-refractivity contribution in [3.8, 4) is 0 Å². The third-order valence-corrected chi connectivity index (χ3v) is 2.89. The first-order valence-electron chi connectivity index (χ1n) is 6.39. The van der Waals surface area contributed by atoms with E-state index in [1.165, 1.54) is 6.92 Å². The SMILES string of the molecule is CC(=O)OCCCC[C@H](C[N+](=O)[O-])c1ccccc1. The zero-order valence-electron chi connectivity index (χ0n) is 11.1. The van der Waals surface area contributed by atoms with E-state index in [9.17, 15) is 14.9 Å². The van der Waals surface area contributed by atoms with Gasteiger partial charge in [-0.15, -0.1) is 0 Å². The first kappa shape index (κ1) is 15.1. The summed E-state index contributed by atoms with van der Waals surface area (Å²) in [6, 6.07) is 9.51. The van der Waals surface area contributed by atoms with Crippen LogP contribution in [0.1, 0.15) is 37.7 Å². The second kappa shape index (κ2) is 8.24. The molecule has 1 aromatic carbocycles. The summed E-state index contributed by atoms with van der Waals surface area (Å²) in [6.45, 7) is 1.70. The average Bonchev–Trinajstić information content (AvgIpc) is 2.37. The molecule has 1 rings (SSSR count). The van der Waals surface area contributed by atoms with Gasteiger partial charge in [0.05, 0.1) is 6.61 Å². The minimum atomic E-state index is -0.287. The van der Waals surface area contributed by atoms with Crippen molar-refractivity contribution in [3.63, 3.8) is 0 Å². The predicted octanol–water partition coefficient (Wildman–Crippen LogP) is 2.78. The van der Waals surface area contributed by atoms with Crippen LogP contribution in [0.4, 0.5) is 0 Å². The third-order valence-electron chi connectivity index (χ3n) is 2.89.